The van der Waals surface area contributed by atoms with Crippen LogP contribution in [-0.4, -0.2) is 41.8 Å². The summed E-state index contributed by atoms with van der Waals surface area (Å²) in [5.41, 5.74) is 3.46. The Labute approximate surface area is 135 Å². The third-order valence-electron chi connectivity index (χ3n) is 4.18. The molecule has 0 aliphatic carbocycles. The van der Waals surface area contributed by atoms with Gasteiger partial charge in [-0.15, -0.1) is 5.10 Å². The molecule has 3 aromatic heterocycles. The van der Waals surface area contributed by atoms with Crippen molar-refractivity contribution < 1.29 is 14.7 Å². The van der Waals surface area contributed by atoms with Gasteiger partial charge in [-0.05, 0) is 19.9 Å². The molecule has 1 aliphatic heterocycles. The lowest BCUT2D eigenvalue weighted by molar-refractivity contribution is -0.116. The summed E-state index contributed by atoms with van der Waals surface area (Å²) in [7, 11) is 0. The lowest BCUT2D eigenvalue weighted by atomic mass is 9.87. The van der Waals surface area contributed by atoms with Gasteiger partial charge in [-0.3, -0.25) is 9.89 Å². The molecular weight excluding hydrogens is 312 g/mol. The zero-order valence-corrected chi connectivity index (χ0v) is 13.0. The number of fused-ring (bicyclic) bond motifs is 3. The Kier molecular flexibility index (Phi) is 2.92. The Morgan fingerprint density at radius 2 is 2.21 bits per heavy atom. The molecule has 0 saturated carbocycles. The van der Waals surface area contributed by atoms with Crippen LogP contribution in [0.15, 0.2) is 12.3 Å². The van der Waals surface area contributed by atoms with E-state index >= 15 is 0 Å². The van der Waals surface area contributed by atoms with E-state index in [1.165, 1.54) is 6.20 Å². The van der Waals surface area contributed by atoms with Crippen LogP contribution in [0.4, 0.5) is 5.82 Å². The van der Waals surface area contributed by atoms with Crippen LogP contribution in [0.1, 0.15) is 45.3 Å². The van der Waals surface area contributed by atoms with Crippen LogP contribution in [0.3, 0.4) is 0 Å². The molecule has 0 saturated heterocycles. The number of hydrogen-bond acceptors (Lipinski definition) is 5. The van der Waals surface area contributed by atoms with Gasteiger partial charge in [0.25, 0.3) is 0 Å². The maximum absolute atomic E-state index is 12.1. The SMILES string of the molecule is Cc1cc(C)n2nc3c(c2n1)C(c1cn[nH]c1C(=O)O)CC(=O)N3. The van der Waals surface area contributed by atoms with Crippen molar-refractivity contribution >= 4 is 23.3 Å². The summed E-state index contributed by atoms with van der Waals surface area (Å²) in [6, 6.07) is 1.89. The molecule has 1 unspecified atom stereocenters. The second-order valence-electron chi connectivity index (χ2n) is 5.85. The van der Waals surface area contributed by atoms with Gasteiger partial charge < -0.3 is 10.4 Å². The van der Waals surface area contributed by atoms with Crippen molar-refractivity contribution in [3.63, 3.8) is 0 Å². The number of H-pyrrole nitrogens is 1. The maximum atomic E-state index is 12.1. The number of carboxylic acid groups (broad SMARTS) is 1. The number of amides is 1. The van der Waals surface area contributed by atoms with Crippen LogP contribution in [0.5, 0.6) is 0 Å². The summed E-state index contributed by atoms with van der Waals surface area (Å²) in [6.07, 6.45) is 1.56. The average molecular weight is 326 g/mol. The minimum atomic E-state index is -1.12. The first-order chi connectivity index (χ1) is 11.5. The highest BCUT2D eigenvalue weighted by Gasteiger charge is 2.35. The van der Waals surface area contributed by atoms with Crippen molar-refractivity contribution in [2.75, 3.05) is 5.32 Å². The second kappa shape index (κ2) is 4.88. The molecule has 0 radical (unpaired) electrons. The maximum Gasteiger partial charge on any atom is 0.354 e. The summed E-state index contributed by atoms with van der Waals surface area (Å²) < 4.78 is 1.66. The number of rotatable bonds is 2. The molecule has 0 spiro atoms. The Bertz CT molecular complexity index is 1000. The van der Waals surface area contributed by atoms with Gasteiger partial charge in [0.1, 0.15) is 5.69 Å². The lowest BCUT2D eigenvalue weighted by Gasteiger charge is -2.21. The summed E-state index contributed by atoms with van der Waals surface area (Å²) in [5, 5.41) is 22.8. The molecule has 3 aromatic rings. The van der Waals surface area contributed by atoms with Crippen LogP contribution in [0.2, 0.25) is 0 Å². The number of carbonyl (C=O) groups is 2. The van der Waals surface area contributed by atoms with Crippen LogP contribution in [0, 0.1) is 13.8 Å². The number of anilines is 1. The number of nitrogens with zero attached hydrogens (tertiary/aromatic N) is 4. The average Bonchev–Trinajstić information content (AvgIpc) is 3.11. The summed E-state index contributed by atoms with van der Waals surface area (Å²) in [6.45, 7) is 3.78. The molecule has 1 atom stereocenters. The minimum Gasteiger partial charge on any atom is -0.477 e. The second-order valence-corrected chi connectivity index (χ2v) is 5.85. The van der Waals surface area contributed by atoms with E-state index in [0.29, 0.717) is 22.6 Å². The molecular formula is C15H14N6O3. The highest BCUT2D eigenvalue weighted by Crippen LogP contribution is 2.39. The third-order valence-corrected chi connectivity index (χ3v) is 4.18. The first-order valence-electron chi connectivity index (χ1n) is 7.39. The quantitative estimate of drug-likeness (QED) is 0.650. The van der Waals surface area contributed by atoms with Crippen molar-refractivity contribution in [3.05, 3.63) is 40.5 Å². The summed E-state index contributed by atoms with van der Waals surface area (Å²) >= 11 is 0. The zero-order chi connectivity index (χ0) is 17.0. The van der Waals surface area contributed by atoms with Gasteiger partial charge in [-0.1, -0.05) is 0 Å². The van der Waals surface area contributed by atoms with E-state index in [4.69, 9.17) is 0 Å². The monoisotopic (exact) mass is 326 g/mol. The minimum absolute atomic E-state index is 0.0237. The predicted octanol–water partition coefficient (Wildman–Crippen LogP) is 1.24. The topological polar surface area (TPSA) is 125 Å². The summed E-state index contributed by atoms with van der Waals surface area (Å²) in [5.74, 6) is -1.39. The Hall–Kier alpha value is -3.23. The van der Waals surface area contributed by atoms with E-state index < -0.39 is 11.9 Å². The Morgan fingerprint density at radius 3 is 2.96 bits per heavy atom. The molecule has 0 aromatic carbocycles. The number of aromatic carboxylic acids is 1. The van der Waals surface area contributed by atoms with Crippen molar-refractivity contribution in [1.29, 1.82) is 0 Å². The zero-order valence-electron chi connectivity index (χ0n) is 13.0. The molecule has 4 heterocycles. The number of aryl methyl sites for hydroxylation is 2. The van der Waals surface area contributed by atoms with Crippen molar-refractivity contribution in [2.45, 2.75) is 26.2 Å². The normalized spacial score (nSPS) is 16.9. The lowest BCUT2D eigenvalue weighted by Crippen LogP contribution is -2.24. The Morgan fingerprint density at radius 1 is 1.42 bits per heavy atom. The molecule has 4 rings (SSSR count). The Balaban J connectivity index is 2.01. The number of hydrogen-bond donors (Lipinski definition) is 3. The standard InChI is InChI=1S/C15H14N6O3/c1-6-3-7(2)21-14(17-6)11-8(4-10(22)18-13(11)20-21)9-5-16-19-12(9)15(23)24/h3,5,8H,4H2,1-2H3,(H,16,19)(H,23,24)(H,18,20,22). The van der Waals surface area contributed by atoms with Gasteiger partial charge in [0.05, 0.1) is 6.20 Å². The largest absolute Gasteiger partial charge is 0.477 e. The number of carbonyl (C=O) groups excluding carboxylic acids is 1. The third kappa shape index (κ3) is 1.98. The molecule has 1 aliphatic rings. The van der Waals surface area contributed by atoms with E-state index in [9.17, 15) is 14.7 Å². The number of carboxylic acids is 1. The first-order valence-corrected chi connectivity index (χ1v) is 7.39. The molecule has 9 nitrogen and oxygen atoms in total. The number of aromatic amines is 1. The van der Waals surface area contributed by atoms with Crippen LogP contribution < -0.4 is 5.32 Å². The van der Waals surface area contributed by atoms with Gasteiger partial charge in [-0.2, -0.15) is 5.10 Å². The predicted molar refractivity (Wildman–Crippen MR) is 83.1 cm³/mol. The van der Waals surface area contributed by atoms with Gasteiger partial charge in [0, 0.05) is 34.9 Å². The van der Waals surface area contributed by atoms with Gasteiger partial charge in [0.15, 0.2) is 11.5 Å². The molecule has 0 bridgehead atoms. The van der Waals surface area contributed by atoms with Crippen molar-refractivity contribution in [2.24, 2.45) is 0 Å². The number of nitrogens with one attached hydrogen (secondary N) is 2. The van der Waals surface area contributed by atoms with Crippen molar-refractivity contribution in [1.82, 2.24) is 24.8 Å². The van der Waals surface area contributed by atoms with Crippen LogP contribution in [0.25, 0.3) is 5.65 Å². The highest BCUT2D eigenvalue weighted by atomic mass is 16.4. The fourth-order valence-corrected chi connectivity index (χ4v) is 3.22. The van der Waals surface area contributed by atoms with E-state index in [2.05, 4.69) is 25.6 Å². The van der Waals surface area contributed by atoms with Crippen LogP contribution in [-0.2, 0) is 4.79 Å². The first kappa shape index (κ1) is 14.4. The van der Waals surface area contributed by atoms with Crippen LogP contribution >= 0.6 is 0 Å². The molecule has 9 heteroatoms. The summed E-state index contributed by atoms with van der Waals surface area (Å²) in [4.78, 5) is 28.0. The number of aromatic nitrogens is 5. The van der Waals surface area contributed by atoms with E-state index in [1.807, 2.05) is 19.9 Å². The highest BCUT2D eigenvalue weighted by molar-refractivity contribution is 5.97. The van der Waals surface area contributed by atoms with E-state index in [0.717, 1.165) is 11.4 Å². The molecule has 0 fully saturated rings. The fourth-order valence-electron chi connectivity index (χ4n) is 3.22. The van der Waals surface area contributed by atoms with E-state index in [1.54, 1.807) is 4.52 Å². The van der Waals surface area contributed by atoms with Gasteiger partial charge in [0.2, 0.25) is 5.91 Å². The fraction of sp³-hybridized carbons (Fsp3) is 0.267. The van der Waals surface area contributed by atoms with E-state index in [-0.39, 0.29) is 18.0 Å². The van der Waals surface area contributed by atoms with Crippen molar-refractivity contribution in [3.8, 4) is 0 Å². The van der Waals surface area contributed by atoms with Gasteiger partial charge >= 0.3 is 5.97 Å². The molecule has 122 valence electrons. The van der Waals surface area contributed by atoms with Gasteiger partial charge in [-0.25, -0.2) is 14.3 Å². The smallest absolute Gasteiger partial charge is 0.354 e. The molecule has 24 heavy (non-hydrogen) atoms. The molecule has 3 N–H and O–H groups in total. The molecule has 1 amide bonds.